The Hall–Kier alpha value is -0.830. The lowest BCUT2D eigenvalue weighted by molar-refractivity contribution is 0.280. The molecule has 2 bridgehead atoms. The number of likely N-dealkylation sites (N-methyl/N-ethyl adjacent to an activating group) is 1. The summed E-state index contributed by atoms with van der Waals surface area (Å²) in [5.74, 6) is 3.07. The molecule has 0 aromatic carbocycles. The Bertz CT molecular complexity index is 451. The van der Waals surface area contributed by atoms with Crippen LogP contribution in [0.4, 0.5) is 0 Å². The summed E-state index contributed by atoms with van der Waals surface area (Å²) in [6.07, 6.45) is 9.52. The van der Waals surface area contributed by atoms with Crippen molar-refractivity contribution in [2.24, 2.45) is 24.8 Å². The number of rotatable bonds is 6. The van der Waals surface area contributed by atoms with Crippen molar-refractivity contribution in [3.05, 3.63) is 17.5 Å². The van der Waals surface area contributed by atoms with E-state index in [1.54, 1.807) is 0 Å². The average Bonchev–Trinajstić information content (AvgIpc) is 3.14. The van der Waals surface area contributed by atoms with Crippen LogP contribution < -0.4 is 5.32 Å². The zero-order valence-electron chi connectivity index (χ0n) is 13.2. The summed E-state index contributed by atoms with van der Waals surface area (Å²) in [4.78, 5) is 0. The Morgan fingerprint density at radius 2 is 2.25 bits per heavy atom. The second-order valence-electron chi connectivity index (χ2n) is 6.96. The molecule has 20 heavy (non-hydrogen) atoms. The molecule has 0 aliphatic heterocycles. The third-order valence-corrected chi connectivity index (χ3v) is 5.73. The van der Waals surface area contributed by atoms with Crippen molar-refractivity contribution in [3.63, 3.8) is 0 Å². The van der Waals surface area contributed by atoms with Gasteiger partial charge >= 0.3 is 0 Å². The molecule has 1 N–H and O–H groups in total. The highest BCUT2D eigenvalue weighted by atomic mass is 15.3. The van der Waals surface area contributed by atoms with Gasteiger partial charge in [0.25, 0.3) is 0 Å². The largest absolute Gasteiger partial charge is 0.317 e. The van der Waals surface area contributed by atoms with Gasteiger partial charge in [-0.05, 0) is 63.0 Å². The lowest BCUT2D eigenvalue weighted by Gasteiger charge is -2.26. The number of nitrogens with zero attached hydrogens (tertiary/aromatic N) is 2. The molecular formula is C17H29N3. The summed E-state index contributed by atoms with van der Waals surface area (Å²) in [5, 5.41) is 8.13. The van der Waals surface area contributed by atoms with Gasteiger partial charge in [0.05, 0.1) is 5.69 Å². The maximum atomic E-state index is 4.58. The standard InChI is InChI=1S/C17H29N3/c1-4-15-10-17(20(3)19-15)11-16(18-2)9-14-8-12-5-6-13(14)7-12/h10,12-14,16,18H,4-9,11H2,1-3H3. The van der Waals surface area contributed by atoms with Crippen molar-refractivity contribution in [1.82, 2.24) is 15.1 Å². The Morgan fingerprint density at radius 1 is 1.40 bits per heavy atom. The minimum absolute atomic E-state index is 0.611. The van der Waals surface area contributed by atoms with Crippen LogP contribution >= 0.6 is 0 Å². The van der Waals surface area contributed by atoms with Gasteiger partial charge < -0.3 is 5.32 Å². The first-order chi connectivity index (χ1) is 9.69. The monoisotopic (exact) mass is 275 g/mol. The van der Waals surface area contributed by atoms with Crippen LogP contribution in [0.2, 0.25) is 0 Å². The Kier molecular flexibility index (Phi) is 4.16. The molecule has 0 spiro atoms. The lowest BCUT2D eigenvalue weighted by atomic mass is 9.83. The van der Waals surface area contributed by atoms with E-state index in [1.807, 2.05) is 0 Å². The molecule has 4 atom stereocenters. The molecule has 3 heteroatoms. The molecule has 0 radical (unpaired) electrons. The molecule has 3 nitrogen and oxygen atoms in total. The number of fused-ring (bicyclic) bond motifs is 2. The molecule has 2 saturated carbocycles. The zero-order valence-corrected chi connectivity index (χ0v) is 13.2. The summed E-state index contributed by atoms with van der Waals surface area (Å²) in [5.41, 5.74) is 2.60. The summed E-state index contributed by atoms with van der Waals surface area (Å²) in [7, 11) is 4.20. The van der Waals surface area contributed by atoms with Crippen molar-refractivity contribution >= 4 is 0 Å². The van der Waals surface area contributed by atoms with Gasteiger partial charge in [-0.25, -0.2) is 0 Å². The Balaban J connectivity index is 1.60. The van der Waals surface area contributed by atoms with E-state index in [4.69, 9.17) is 0 Å². The molecule has 1 heterocycles. The van der Waals surface area contributed by atoms with Crippen LogP contribution in [0.3, 0.4) is 0 Å². The van der Waals surface area contributed by atoms with Gasteiger partial charge in [0, 0.05) is 25.2 Å². The first-order valence-electron chi connectivity index (χ1n) is 8.38. The smallest absolute Gasteiger partial charge is 0.0624 e. The lowest BCUT2D eigenvalue weighted by Crippen LogP contribution is -2.32. The van der Waals surface area contributed by atoms with E-state index < -0.39 is 0 Å². The molecular weight excluding hydrogens is 246 g/mol. The highest BCUT2D eigenvalue weighted by molar-refractivity contribution is 5.11. The van der Waals surface area contributed by atoms with Gasteiger partial charge in [0.2, 0.25) is 0 Å². The van der Waals surface area contributed by atoms with Gasteiger partial charge in [-0.3, -0.25) is 4.68 Å². The Labute approximate surface area is 123 Å². The number of hydrogen-bond acceptors (Lipinski definition) is 2. The fourth-order valence-corrected chi connectivity index (χ4v) is 4.52. The highest BCUT2D eigenvalue weighted by Crippen LogP contribution is 2.49. The molecule has 4 unspecified atom stereocenters. The normalized spacial score (nSPS) is 30.1. The van der Waals surface area contributed by atoms with Crippen LogP contribution in [-0.2, 0) is 19.9 Å². The fraction of sp³-hybridized carbons (Fsp3) is 0.824. The SMILES string of the molecule is CCc1cc(CC(CC2CC3CCC2C3)NC)n(C)n1. The quantitative estimate of drug-likeness (QED) is 0.865. The summed E-state index contributed by atoms with van der Waals surface area (Å²) in [6.45, 7) is 2.18. The van der Waals surface area contributed by atoms with Crippen molar-refractivity contribution in [2.45, 2.75) is 57.9 Å². The van der Waals surface area contributed by atoms with E-state index in [0.29, 0.717) is 6.04 Å². The average molecular weight is 275 g/mol. The zero-order chi connectivity index (χ0) is 14.1. The van der Waals surface area contributed by atoms with Gasteiger partial charge in [0.15, 0.2) is 0 Å². The molecule has 112 valence electrons. The molecule has 0 saturated heterocycles. The van der Waals surface area contributed by atoms with E-state index >= 15 is 0 Å². The summed E-state index contributed by atoms with van der Waals surface area (Å²) >= 11 is 0. The third-order valence-electron chi connectivity index (χ3n) is 5.73. The predicted octanol–water partition coefficient (Wildman–Crippen LogP) is 2.94. The van der Waals surface area contributed by atoms with E-state index in [-0.39, 0.29) is 0 Å². The molecule has 1 aromatic heterocycles. The van der Waals surface area contributed by atoms with E-state index in [9.17, 15) is 0 Å². The van der Waals surface area contributed by atoms with Gasteiger partial charge in [0.1, 0.15) is 0 Å². The van der Waals surface area contributed by atoms with E-state index in [2.05, 4.69) is 42.2 Å². The van der Waals surface area contributed by atoms with Crippen molar-refractivity contribution < 1.29 is 0 Å². The number of aryl methyl sites for hydroxylation is 2. The topological polar surface area (TPSA) is 29.9 Å². The molecule has 3 rings (SSSR count). The van der Waals surface area contributed by atoms with E-state index in [0.717, 1.165) is 30.6 Å². The molecule has 2 aliphatic rings. The molecule has 2 aliphatic carbocycles. The van der Waals surface area contributed by atoms with Crippen LogP contribution in [0, 0.1) is 17.8 Å². The number of nitrogens with one attached hydrogen (secondary N) is 1. The molecule has 2 fully saturated rings. The van der Waals surface area contributed by atoms with E-state index in [1.165, 1.54) is 43.5 Å². The first-order valence-corrected chi connectivity index (χ1v) is 8.38. The minimum atomic E-state index is 0.611. The molecule has 1 aromatic rings. The van der Waals surface area contributed by atoms with Gasteiger partial charge in [-0.2, -0.15) is 5.10 Å². The second kappa shape index (κ2) is 5.88. The first kappa shape index (κ1) is 14.1. The maximum Gasteiger partial charge on any atom is 0.0624 e. The van der Waals surface area contributed by atoms with Crippen molar-refractivity contribution in [2.75, 3.05) is 7.05 Å². The third kappa shape index (κ3) is 2.78. The van der Waals surface area contributed by atoms with Crippen molar-refractivity contribution in [1.29, 1.82) is 0 Å². The second-order valence-corrected chi connectivity index (χ2v) is 6.96. The van der Waals surface area contributed by atoms with Gasteiger partial charge in [-0.1, -0.05) is 13.3 Å². The van der Waals surface area contributed by atoms with Gasteiger partial charge in [-0.15, -0.1) is 0 Å². The highest BCUT2D eigenvalue weighted by Gasteiger charge is 2.39. The van der Waals surface area contributed by atoms with Crippen LogP contribution in [0.25, 0.3) is 0 Å². The van der Waals surface area contributed by atoms with Crippen LogP contribution in [-0.4, -0.2) is 22.9 Å². The van der Waals surface area contributed by atoms with Crippen LogP contribution in [0.15, 0.2) is 6.07 Å². The summed E-state index contributed by atoms with van der Waals surface area (Å²) < 4.78 is 2.07. The summed E-state index contributed by atoms with van der Waals surface area (Å²) in [6, 6.07) is 2.89. The maximum absolute atomic E-state index is 4.58. The van der Waals surface area contributed by atoms with Crippen molar-refractivity contribution in [3.8, 4) is 0 Å². The number of aromatic nitrogens is 2. The number of hydrogen-bond donors (Lipinski definition) is 1. The fourth-order valence-electron chi connectivity index (χ4n) is 4.52. The van der Waals surface area contributed by atoms with Crippen LogP contribution in [0.5, 0.6) is 0 Å². The molecule has 0 amide bonds. The predicted molar refractivity (Wildman–Crippen MR) is 82.7 cm³/mol. The Morgan fingerprint density at radius 3 is 2.80 bits per heavy atom. The minimum Gasteiger partial charge on any atom is -0.317 e. The van der Waals surface area contributed by atoms with Crippen LogP contribution in [0.1, 0.15) is 50.4 Å².